The number of benzene rings is 1. The van der Waals surface area contributed by atoms with Crippen LogP contribution in [0.15, 0.2) is 22.8 Å². The number of nitrogens with one attached hydrogen (secondary N) is 1. The van der Waals surface area contributed by atoms with Gasteiger partial charge in [0.05, 0.1) is 0 Å². The molecule has 100 valence electrons. The summed E-state index contributed by atoms with van der Waals surface area (Å²) in [5, 5.41) is 3.49. The van der Waals surface area contributed by atoms with Crippen molar-refractivity contribution < 1.29 is 0 Å². The Bertz CT molecular complexity index is 607. The van der Waals surface area contributed by atoms with Gasteiger partial charge < -0.3 is 5.32 Å². The molecule has 0 bridgehead atoms. The van der Waals surface area contributed by atoms with Crippen LogP contribution in [-0.4, -0.2) is 4.98 Å². The van der Waals surface area contributed by atoms with Crippen molar-refractivity contribution in [1.82, 2.24) is 4.98 Å². The second-order valence-electron chi connectivity index (χ2n) is 5.08. The lowest BCUT2D eigenvalue weighted by atomic mass is 9.98. The number of hydrogen-bond donors (Lipinski definition) is 1. The first-order valence-electron chi connectivity index (χ1n) is 6.36. The molecule has 2 nitrogen and oxygen atoms in total. The van der Waals surface area contributed by atoms with E-state index in [4.69, 9.17) is 0 Å². The van der Waals surface area contributed by atoms with E-state index in [-0.39, 0.29) is 0 Å². The van der Waals surface area contributed by atoms with E-state index in [1.54, 1.807) is 0 Å². The maximum atomic E-state index is 4.46. The number of rotatable bonds is 2. The van der Waals surface area contributed by atoms with Crippen LogP contribution < -0.4 is 5.32 Å². The highest BCUT2D eigenvalue weighted by Gasteiger charge is 2.10. The van der Waals surface area contributed by atoms with Gasteiger partial charge in [-0.2, -0.15) is 0 Å². The van der Waals surface area contributed by atoms with E-state index in [9.17, 15) is 0 Å². The average molecular weight is 319 g/mol. The highest BCUT2D eigenvalue weighted by molar-refractivity contribution is 9.10. The van der Waals surface area contributed by atoms with Gasteiger partial charge in [0.15, 0.2) is 0 Å². The highest BCUT2D eigenvalue weighted by atomic mass is 79.9. The molecule has 1 aromatic carbocycles. The zero-order chi connectivity index (χ0) is 14.2. The van der Waals surface area contributed by atoms with Crippen LogP contribution in [0.3, 0.4) is 0 Å². The van der Waals surface area contributed by atoms with Crippen LogP contribution >= 0.6 is 15.9 Å². The summed E-state index contributed by atoms with van der Waals surface area (Å²) in [7, 11) is 0. The van der Waals surface area contributed by atoms with Crippen molar-refractivity contribution in [2.24, 2.45) is 0 Å². The van der Waals surface area contributed by atoms with Crippen molar-refractivity contribution in [3.05, 3.63) is 50.6 Å². The summed E-state index contributed by atoms with van der Waals surface area (Å²) in [6, 6.07) is 4.31. The van der Waals surface area contributed by atoms with Crippen LogP contribution in [-0.2, 0) is 0 Å². The molecule has 0 unspecified atom stereocenters. The minimum absolute atomic E-state index is 0.916. The quantitative estimate of drug-likeness (QED) is 0.830. The van der Waals surface area contributed by atoms with Gasteiger partial charge in [0.1, 0.15) is 5.82 Å². The lowest BCUT2D eigenvalue weighted by Crippen LogP contribution is -2.03. The normalized spacial score (nSPS) is 10.6. The molecule has 0 atom stereocenters. The van der Waals surface area contributed by atoms with Gasteiger partial charge in [-0.3, -0.25) is 0 Å². The molecule has 1 N–H and O–H groups in total. The number of halogens is 1. The van der Waals surface area contributed by atoms with Crippen LogP contribution in [0.2, 0.25) is 0 Å². The van der Waals surface area contributed by atoms with Gasteiger partial charge in [0.2, 0.25) is 0 Å². The number of nitrogens with zero attached hydrogens (tertiary/aromatic N) is 1. The Morgan fingerprint density at radius 1 is 0.895 bits per heavy atom. The molecule has 19 heavy (non-hydrogen) atoms. The van der Waals surface area contributed by atoms with E-state index >= 15 is 0 Å². The minimum atomic E-state index is 0.916. The summed E-state index contributed by atoms with van der Waals surface area (Å²) >= 11 is 3.44. The Labute approximate surface area is 123 Å². The molecular formula is C16H19BrN2. The predicted octanol–water partition coefficient (Wildman–Crippen LogP) is 5.13. The lowest BCUT2D eigenvalue weighted by molar-refractivity contribution is 1.20. The number of anilines is 2. The van der Waals surface area contributed by atoms with Crippen molar-refractivity contribution in [2.45, 2.75) is 34.6 Å². The van der Waals surface area contributed by atoms with E-state index in [2.05, 4.69) is 73.0 Å². The van der Waals surface area contributed by atoms with Gasteiger partial charge in [-0.25, -0.2) is 4.98 Å². The van der Waals surface area contributed by atoms with Gasteiger partial charge in [0.25, 0.3) is 0 Å². The molecule has 2 rings (SSSR count). The van der Waals surface area contributed by atoms with Crippen LogP contribution in [0.4, 0.5) is 11.5 Å². The van der Waals surface area contributed by atoms with Crippen LogP contribution in [0.1, 0.15) is 27.8 Å². The molecule has 0 saturated heterocycles. The van der Waals surface area contributed by atoms with E-state index in [1.807, 2.05) is 6.20 Å². The molecule has 0 aliphatic rings. The zero-order valence-electron chi connectivity index (χ0n) is 12.1. The van der Waals surface area contributed by atoms with Gasteiger partial charge in [-0.1, -0.05) is 6.07 Å². The monoisotopic (exact) mass is 318 g/mol. The van der Waals surface area contributed by atoms with Crippen molar-refractivity contribution in [3.63, 3.8) is 0 Å². The fourth-order valence-electron chi connectivity index (χ4n) is 2.19. The third kappa shape index (κ3) is 2.81. The largest absolute Gasteiger partial charge is 0.340 e. The first-order valence-corrected chi connectivity index (χ1v) is 7.16. The average Bonchev–Trinajstić information content (AvgIpc) is 2.34. The molecule has 0 aliphatic carbocycles. The number of aromatic nitrogens is 1. The molecule has 0 fully saturated rings. The Morgan fingerprint density at radius 2 is 1.47 bits per heavy atom. The summed E-state index contributed by atoms with van der Waals surface area (Å²) in [6.07, 6.45) is 1.82. The summed E-state index contributed by atoms with van der Waals surface area (Å²) < 4.78 is 1.00. The smallest absolute Gasteiger partial charge is 0.133 e. The first-order chi connectivity index (χ1) is 8.90. The highest BCUT2D eigenvalue weighted by Crippen LogP contribution is 2.30. The van der Waals surface area contributed by atoms with Gasteiger partial charge in [-0.15, -0.1) is 0 Å². The molecule has 0 saturated carbocycles. The Balaban J connectivity index is 2.49. The third-order valence-electron chi connectivity index (χ3n) is 3.65. The summed E-state index contributed by atoms with van der Waals surface area (Å²) in [4.78, 5) is 4.46. The van der Waals surface area contributed by atoms with Crippen LogP contribution in [0.25, 0.3) is 0 Å². The second kappa shape index (κ2) is 5.33. The van der Waals surface area contributed by atoms with Crippen molar-refractivity contribution >= 4 is 27.4 Å². The summed E-state index contributed by atoms with van der Waals surface area (Å²) in [6.45, 7) is 10.7. The SMILES string of the molecule is Cc1cc(Br)cnc1Nc1c(C)c(C)cc(C)c1C. The topological polar surface area (TPSA) is 24.9 Å². The molecule has 3 heteroatoms. The van der Waals surface area contributed by atoms with Crippen molar-refractivity contribution in [2.75, 3.05) is 5.32 Å². The minimum Gasteiger partial charge on any atom is -0.340 e. The standard InChI is InChI=1S/C16H19BrN2/c1-9-6-10(2)13(5)15(12(9)4)19-16-11(3)7-14(17)8-18-16/h6-8H,1-5H3,(H,18,19). The molecule has 0 spiro atoms. The second-order valence-corrected chi connectivity index (χ2v) is 6.00. The van der Waals surface area contributed by atoms with Gasteiger partial charge >= 0.3 is 0 Å². The summed E-state index contributed by atoms with van der Waals surface area (Å²) in [5.74, 6) is 0.916. The Morgan fingerprint density at radius 3 is 2.00 bits per heavy atom. The molecule has 1 aromatic heterocycles. The molecule has 2 aromatic rings. The Kier molecular flexibility index (Phi) is 3.95. The molecule has 0 amide bonds. The van der Waals surface area contributed by atoms with Crippen molar-refractivity contribution in [1.29, 1.82) is 0 Å². The predicted molar refractivity (Wildman–Crippen MR) is 85.3 cm³/mol. The fourth-order valence-corrected chi connectivity index (χ4v) is 2.64. The van der Waals surface area contributed by atoms with Crippen LogP contribution in [0.5, 0.6) is 0 Å². The molecule has 0 aliphatic heterocycles. The Hall–Kier alpha value is -1.35. The number of pyridine rings is 1. The third-order valence-corrected chi connectivity index (χ3v) is 4.09. The van der Waals surface area contributed by atoms with E-state index < -0.39 is 0 Å². The number of aryl methyl sites for hydroxylation is 3. The maximum absolute atomic E-state index is 4.46. The van der Waals surface area contributed by atoms with Gasteiger partial charge in [-0.05, 0) is 84.4 Å². The fraction of sp³-hybridized carbons (Fsp3) is 0.312. The first kappa shape index (κ1) is 14.1. The van der Waals surface area contributed by atoms with Gasteiger partial charge in [0, 0.05) is 16.4 Å². The van der Waals surface area contributed by atoms with Crippen molar-refractivity contribution in [3.8, 4) is 0 Å². The van der Waals surface area contributed by atoms with Crippen LogP contribution in [0, 0.1) is 34.6 Å². The van der Waals surface area contributed by atoms with E-state index in [0.717, 1.165) is 15.9 Å². The maximum Gasteiger partial charge on any atom is 0.133 e. The van der Waals surface area contributed by atoms with E-state index in [1.165, 1.54) is 27.9 Å². The lowest BCUT2D eigenvalue weighted by Gasteiger charge is -2.17. The van der Waals surface area contributed by atoms with E-state index in [0.29, 0.717) is 0 Å². The molecule has 0 radical (unpaired) electrons. The summed E-state index contributed by atoms with van der Waals surface area (Å²) in [5.41, 5.74) is 7.49. The number of hydrogen-bond acceptors (Lipinski definition) is 2. The molecular weight excluding hydrogens is 300 g/mol. The molecule has 1 heterocycles. The zero-order valence-corrected chi connectivity index (χ0v) is 13.6.